The SMILES string of the molecule is CCC(C#N)C(=O)c1ccc2cc(OC)ccc2c1. The number of ketones is 1. The standard InChI is InChI=1S/C16H15NO2/c1-3-11(10-17)16(18)14-5-4-13-9-15(19-2)7-6-12(13)8-14/h4-9,11H,3H2,1-2H3. The van der Waals surface area contributed by atoms with E-state index >= 15 is 0 Å². The minimum atomic E-state index is -0.560. The molecule has 1 unspecified atom stereocenters. The third-order valence-corrected chi connectivity index (χ3v) is 3.21. The molecule has 0 amide bonds. The second kappa shape index (κ2) is 5.53. The molecule has 0 saturated carbocycles. The molecular formula is C16H15NO2. The van der Waals surface area contributed by atoms with E-state index in [2.05, 4.69) is 0 Å². The van der Waals surface area contributed by atoms with E-state index in [-0.39, 0.29) is 5.78 Å². The van der Waals surface area contributed by atoms with Crippen molar-refractivity contribution >= 4 is 16.6 Å². The Hall–Kier alpha value is -2.34. The zero-order chi connectivity index (χ0) is 13.8. The lowest BCUT2D eigenvalue weighted by Gasteiger charge is -2.07. The molecule has 3 nitrogen and oxygen atoms in total. The molecule has 0 fully saturated rings. The van der Waals surface area contributed by atoms with Crippen LogP contribution in [0.15, 0.2) is 36.4 Å². The van der Waals surface area contributed by atoms with Crippen molar-refractivity contribution in [3.05, 3.63) is 42.0 Å². The molecule has 0 N–H and O–H groups in total. The number of hydrogen-bond donors (Lipinski definition) is 0. The highest BCUT2D eigenvalue weighted by molar-refractivity contribution is 6.02. The molecule has 0 spiro atoms. The Bertz CT molecular complexity index is 655. The van der Waals surface area contributed by atoms with Gasteiger partial charge in [0.2, 0.25) is 0 Å². The maximum absolute atomic E-state index is 12.1. The predicted molar refractivity (Wildman–Crippen MR) is 74.2 cm³/mol. The first-order chi connectivity index (χ1) is 9.19. The van der Waals surface area contributed by atoms with Crippen LogP contribution in [0.5, 0.6) is 5.75 Å². The van der Waals surface area contributed by atoms with Gasteiger partial charge in [0.15, 0.2) is 5.78 Å². The van der Waals surface area contributed by atoms with Crippen LogP contribution < -0.4 is 4.74 Å². The van der Waals surface area contributed by atoms with Crippen LogP contribution in [0.1, 0.15) is 23.7 Å². The Morgan fingerprint density at radius 2 is 1.95 bits per heavy atom. The minimum absolute atomic E-state index is 0.109. The maximum atomic E-state index is 12.1. The van der Waals surface area contributed by atoms with Crippen molar-refractivity contribution < 1.29 is 9.53 Å². The third kappa shape index (κ3) is 2.58. The van der Waals surface area contributed by atoms with Crippen molar-refractivity contribution in [2.45, 2.75) is 13.3 Å². The second-order valence-electron chi connectivity index (χ2n) is 4.38. The molecule has 96 valence electrons. The Morgan fingerprint density at radius 3 is 2.58 bits per heavy atom. The Balaban J connectivity index is 2.42. The smallest absolute Gasteiger partial charge is 0.179 e. The van der Waals surface area contributed by atoms with Crippen LogP contribution >= 0.6 is 0 Å². The number of hydrogen-bond acceptors (Lipinski definition) is 3. The van der Waals surface area contributed by atoms with Gasteiger partial charge < -0.3 is 4.74 Å². The van der Waals surface area contributed by atoms with Gasteiger partial charge in [-0.05, 0) is 35.4 Å². The maximum Gasteiger partial charge on any atom is 0.179 e. The van der Waals surface area contributed by atoms with Crippen molar-refractivity contribution in [2.75, 3.05) is 7.11 Å². The average Bonchev–Trinajstić information content (AvgIpc) is 2.47. The Labute approximate surface area is 112 Å². The lowest BCUT2D eigenvalue weighted by molar-refractivity contribution is 0.0947. The highest BCUT2D eigenvalue weighted by Crippen LogP contribution is 2.23. The number of nitriles is 1. The van der Waals surface area contributed by atoms with Crippen LogP contribution in [0.25, 0.3) is 10.8 Å². The fourth-order valence-electron chi connectivity index (χ4n) is 2.04. The van der Waals surface area contributed by atoms with Crippen LogP contribution in [0, 0.1) is 17.2 Å². The van der Waals surface area contributed by atoms with Crippen molar-refractivity contribution in [2.24, 2.45) is 5.92 Å². The van der Waals surface area contributed by atoms with Crippen LogP contribution in [-0.4, -0.2) is 12.9 Å². The van der Waals surface area contributed by atoms with Crippen molar-refractivity contribution in [1.29, 1.82) is 5.26 Å². The summed E-state index contributed by atoms with van der Waals surface area (Å²) < 4.78 is 5.16. The monoisotopic (exact) mass is 253 g/mol. The van der Waals surface area contributed by atoms with E-state index in [1.807, 2.05) is 43.3 Å². The van der Waals surface area contributed by atoms with Gasteiger partial charge in [-0.1, -0.05) is 25.1 Å². The van der Waals surface area contributed by atoms with E-state index < -0.39 is 5.92 Å². The molecule has 0 aliphatic heterocycles. The Morgan fingerprint density at radius 1 is 1.26 bits per heavy atom. The summed E-state index contributed by atoms with van der Waals surface area (Å²) in [7, 11) is 1.62. The fourth-order valence-corrected chi connectivity index (χ4v) is 2.04. The van der Waals surface area contributed by atoms with Gasteiger partial charge in [0.05, 0.1) is 13.2 Å². The van der Waals surface area contributed by atoms with Crippen molar-refractivity contribution in [3.8, 4) is 11.8 Å². The summed E-state index contributed by atoms with van der Waals surface area (Å²) in [5, 5.41) is 10.9. The van der Waals surface area contributed by atoms with Gasteiger partial charge in [0.25, 0.3) is 0 Å². The number of carbonyl (C=O) groups is 1. The lowest BCUT2D eigenvalue weighted by atomic mass is 9.95. The molecule has 0 aliphatic rings. The number of benzene rings is 2. The Kier molecular flexibility index (Phi) is 3.82. The van der Waals surface area contributed by atoms with Gasteiger partial charge in [-0.3, -0.25) is 4.79 Å². The predicted octanol–water partition coefficient (Wildman–Crippen LogP) is 3.58. The number of nitrogens with zero attached hydrogens (tertiary/aromatic N) is 1. The van der Waals surface area contributed by atoms with E-state index in [9.17, 15) is 4.79 Å². The molecule has 0 aliphatic carbocycles. The highest BCUT2D eigenvalue weighted by atomic mass is 16.5. The zero-order valence-electron chi connectivity index (χ0n) is 11.0. The third-order valence-electron chi connectivity index (χ3n) is 3.21. The number of Topliss-reactive ketones (excluding diaryl/α,β-unsaturated/α-hetero) is 1. The highest BCUT2D eigenvalue weighted by Gasteiger charge is 2.17. The molecule has 0 bridgehead atoms. The summed E-state index contributed by atoms with van der Waals surface area (Å²) in [5.74, 6) is 0.119. The van der Waals surface area contributed by atoms with E-state index in [4.69, 9.17) is 10.00 Å². The fraction of sp³-hybridized carbons (Fsp3) is 0.250. The molecule has 2 aromatic rings. The lowest BCUT2D eigenvalue weighted by Crippen LogP contribution is -2.11. The summed E-state index contributed by atoms with van der Waals surface area (Å²) >= 11 is 0. The molecule has 0 saturated heterocycles. The molecule has 0 radical (unpaired) electrons. The van der Waals surface area contributed by atoms with Crippen LogP contribution in [0.2, 0.25) is 0 Å². The van der Waals surface area contributed by atoms with Crippen molar-refractivity contribution in [1.82, 2.24) is 0 Å². The van der Waals surface area contributed by atoms with Gasteiger partial charge in [-0.25, -0.2) is 0 Å². The number of rotatable bonds is 4. The quantitative estimate of drug-likeness (QED) is 0.782. The molecule has 2 aromatic carbocycles. The van der Waals surface area contributed by atoms with Gasteiger partial charge in [0.1, 0.15) is 11.7 Å². The van der Waals surface area contributed by atoms with Crippen LogP contribution in [0.4, 0.5) is 0 Å². The summed E-state index contributed by atoms with van der Waals surface area (Å²) in [5.41, 5.74) is 0.589. The largest absolute Gasteiger partial charge is 0.497 e. The molecule has 2 rings (SSSR count). The zero-order valence-corrected chi connectivity index (χ0v) is 11.0. The van der Waals surface area contributed by atoms with Gasteiger partial charge in [-0.2, -0.15) is 5.26 Å². The summed E-state index contributed by atoms with van der Waals surface area (Å²) in [4.78, 5) is 12.1. The number of fused-ring (bicyclic) bond motifs is 1. The molecule has 0 aromatic heterocycles. The van der Waals surface area contributed by atoms with Crippen molar-refractivity contribution in [3.63, 3.8) is 0 Å². The van der Waals surface area contributed by atoms with Crippen LogP contribution in [0.3, 0.4) is 0 Å². The molecule has 3 heteroatoms. The van der Waals surface area contributed by atoms with Gasteiger partial charge in [-0.15, -0.1) is 0 Å². The molecule has 19 heavy (non-hydrogen) atoms. The molecular weight excluding hydrogens is 238 g/mol. The van der Waals surface area contributed by atoms with Gasteiger partial charge in [0, 0.05) is 5.56 Å². The summed E-state index contributed by atoms with van der Waals surface area (Å²) in [6, 6.07) is 13.2. The second-order valence-corrected chi connectivity index (χ2v) is 4.38. The molecule has 1 atom stereocenters. The normalized spacial score (nSPS) is 11.8. The van der Waals surface area contributed by atoms with E-state index in [0.29, 0.717) is 12.0 Å². The van der Waals surface area contributed by atoms with E-state index in [0.717, 1.165) is 16.5 Å². The van der Waals surface area contributed by atoms with E-state index in [1.165, 1.54) is 0 Å². The number of ether oxygens (including phenoxy) is 1. The number of methoxy groups -OCH3 is 1. The summed E-state index contributed by atoms with van der Waals surface area (Å²) in [6.07, 6.45) is 0.538. The average molecular weight is 253 g/mol. The summed E-state index contributed by atoms with van der Waals surface area (Å²) in [6.45, 7) is 1.84. The molecule has 0 heterocycles. The topological polar surface area (TPSA) is 50.1 Å². The minimum Gasteiger partial charge on any atom is -0.497 e. The number of carbonyl (C=O) groups excluding carboxylic acids is 1. The first-order valence-electron chi connectivity index (χ1n) is 6.21. The first-order valence-corrected chi connectivity index (χ1v) is 6.21. The van der Waals surface area contributed by atoms with E-state index in [1.54, 1.807) is 13.2 Å². The van der Waals surface area contributed by atoms with Crippen LogP contribution in [-0.2, 0) is 0 Å². The van der Waals surface area contributed by atoms with Gasteiger partial charge >= 0.3 is 0 Å². The first kappa shape index (κ1) is 13.1.